The number of hydrogen-bond acceptors (Lipinski definition) is 3. The second kappa shape index (κ2) is 4.82. The van der Waals surface area contributed by atoms with Crippen LogP contribution in [-0.2, 0) is 9.53 Å². The van der Waals surface area contributed by atoms with Crippen LogP contribution in [0, 0.1) is 11.8 Å². The third-order valence-corrected chi connectivity index (χ3v) is 2.81. The maximum Gasteiger partial charge on any atom is 0.410 e. The summed E-state index contributed by atoms with van der Waals surface area (Å²) in [6, 6.07) is 0. The molecule has 0 N–H and O–H groups in total. The van der Waals surface area contributed by atoms with E-state index in [2.05, 4.69) is 0 Å². The number of likely N-dealkylation sites (tertiary alicyclic amines) is 1. The highest BCUT2D eigenvalue weighted by molar-refractivity contribution is 5.69. The van der Waals surface area contributed by atoms with Crippen molar-refractivity contribution in [1.82, 2.24) is 4.90 Å². The van der Waals surface area contributed by atoms with E-state index in [-0.39, 0.29) is 12.8 Å². The summed E-state index contributed by atoms with van der Waals surface area (Å²) < 4.78 is 32.4. The van der Waals surface area contributed by atoms with Crippen molar-refractivity contribution in [2.75, 3.05) is 13.1 Å². The average Bonchev–Trinajstić information content (AvgIpc) is 2.12. The van der Waals surface area contributed by atoms with Gasteiger partial charge in [-0.15, -0.1) is 0 Å². The van der Waals surface area contributed by atoms with Gasteiger partial charge in [0.05, 0.1) is 12.5 Å². The molecule has 2 atom stereocenters. The van der Waals surface area contributed by atoms with Crippen molar-refractivity contribution in [3.8, 4) is 0 Å². The number of amides is 1. The second-order valence-electron chi connectivity index (χ2n) is 5.76. The smallest absolute Gasteiger partial charge is 0.410 e. The third-order valence-electron chi connectivity index (χ3n) is 2.81. The van der Waals surface area contributed by atoms with Crippen molar-refractivity contribution in [1.29, 1.82) is 0 Å². The van der Waals surface area contributed by atoms with Gasteiger partial charge < -0.3 is 14.4 Å². The largest absolute Gasteiger partial charge is 0.444 e. The Morgan fingerprint density at radius 3 is 2.39 bits per heavy atom. The van der Waals surface area contributed by atoms with Crippen LogP contribution in [0.1, 0.15) is 27.7 Å². The van der Waals surface area contributed by atoms with Crippen molar-refractivity contribution < 1.29 is 23.1 Å². The number of piperidine rings is 1. The van der Waals surface area contributed by atoms with Crippen molar-refractivity contribution in [2.45, 2.75) is 39.2 Å². The summed E-state index contributed by atoms with van der Waals surface area (Å²) in [7, 11) is 0. The van der Waals surface area contributed by atoms with E-state index in [0.717, 1.165) is 4.90 Å². The van der Waals surface area contributed by atoms with Gasteiger partial charge in [0.1, 0.15) is 11.9 Å². The minimum atomic E-state index is -3.20. The Labute approximate surface area is 105 Å². The lowest BCUT2D eigenvalue weighted by atomic mass is 9.85. The van der Waals surface area contributed by atoms with Crippen molar-refractivity contribution in [3.05, 3.63) is 0 Å². The van der Waals surface area contributed by atoms with E-state index in [1.807, 2.05) is 0 Å². The molecule has 1 saturated heterocycles. The highest BCUT2D eigenvalue weighted by Crippen LogP contribution is 2.35. The van der Waals surface area contributed by atoms with E-state index in [0.29, 0.717) is 0 Å². The molecule has 0 aromatic rings. The summed E-state index contributed by atoms with van der Waals surface area (Å²) in [6.07, 6.45) is -0.490. The quantitative estimate of drug-likeness (QED) is 0.682. The molecule has 104 valence electrons. The van der Waals surface area contributed by atoms with Crippen molar-refractivity contribution in [3.63, 3.8) is 0 Å². The van der Waals surface area contributed by atoms with Crippen LogP contribution in [0.5, 0.6) is 0 Å². The predicted octanol–water partition coefficient (Wildman–Crippen LogP) is 2.32. The highest BCUT2D eigenvalue weighted by Gasteiger charge is 2.50. The Bertz CT molecular complexity index is 339. The van der Waals surface area contributed by atoms with E-state index in [1.165, 1.54) is 6.92 Å². The molecule has 0 saturated carbocycles. The van der Waals surface area contributed by atoms with Crippen molar-refractivity contribution in [2.24, 2.45) is 11.8 Å². The summed E-state index contributed by atoms with van der Waals surface area (Å²) in [5.41, 5.74) is -0.725. The molecule has 0 aromatic carbocycles. The maximum atomic E-state index is 13.7. The first-order valence-corrected chi connectivity index (χ1v) is 5.88. The van der Waals surface area contributed by atoms with Crippen LogP contribution in [0.4, 0.5) is 13.6 Å². The van der Waals surface area contributed by atoms with Gasteiger partial charge in [-0.1, -0.05) is 6.92 Å². The molecule has 0 unspecified atom stereocenters. The maximum absolute atomic E-state index is 13.7. The van der Waals surface area contributed by atoms with Gasteiger partial charge in [-0.3, -0.25) is 0 Å². The minimum Gasteiger partial charge on any atom is -0.444 e. The molecule has 0 aromatic heterocycles. The molecular weight excluding hydrogens is 244 g/mol. The van der Waals surface area contributed by atoms with Crippen LogP contribution < -0.4 is 0 Å². The number of halogens is 2. The van der Waals surface area contributed by atoms with E-state index in [1.54, 1.807) is 20.8 Å². The van der Waals surface area contributed by atoms with E-state index >= 15 is 0 Å². The lowest BCUT2D eigenvalue weighted by Gasteiger charge is -2.40. The number of ether oxygens (including phenoxy) is 1. The minimum absolute atomic E-state index is 0.105. The fourth-order valence-electron chi connectivity index (χ4n) is 2.00. The molecule has 1 aliphatic rings. The molecule has 0 radical (unpaired) electrons. The Morgan fingerprint density at radius 2 is 2.00 bits per heavy atom. The molecular formula is C12H19F2NO3. The summed E-state index contributed by atoms with van der Waals surface area (Å²) >= 11 is 0. The van der Waals surface area contributed by atoms with E-state index < -0.39 is 36.0 Å². The summed E-state index contributed by atoms with van der Waals surface area (Å²) in [5.74, 6) is -5.12. The van der Waals surface area contributed by atoms with Gasteiger partial charge in [-0.25, -0.2) is 13.6 Å². The van der Waals surface area contributed by atoms with Gasteiger partial charge in [-0.05, 0) is 26.7 Å². The van der Waals surface area contributed by atoms with Crippen LogP contribution in [0.2, 0.25) is 0 Å². The van der Waals surface area contributed by atoms with Crippen LogP contribution in [0.25, 0.3) is 0 Å². The standard InChI is InChI=1S/C12H19F2NO3/c1-8-5-15(10(17)18-11(2,3)4)7-12(13,14)9(8)6-16/h6,8-9H,5,7H2,1-4H3/t8-,9+/m1/s1. The first kappa shape index (κ1) is 14.9. The van der Waals surface area contributed by atoms with E-state index in [4.69, 9.17) is 4.74 Å². The van der Waals surface area contributed by atoms with Gasteiger partial charge in [0.25, 0.3) is 5.92 Å². The van der Waals surface area contributed by atoms with Crippen LogP contribution >= 0.6 is 0 Å². The zero-order valence-electron chi connectivity index (χ0n) is 11.1. The monoisotopic (exact) mass is 263 g/mol. The number of carbonyl (C=O) groups is 2. The lowest BCUT2D eigenvalue weighted by molar-refractivity contribution is -0.146. The molecule has 0 bridgehead atoms. The van der Waals surface area contributed by atoms with Crippen LogP contribution in [0.15, 0.2) is 0 Å². The summed E-state index contributed by atoms with van der Waals surface area (Å²) in [4.78, 5) is 23.4. The molecule has 0 aliphatic carbocycles. The van der Waals surface area contributed by atoms with Gasteiger partial charge in [0.2, 0.25) is 0 Å². The molecule has 18 heavy (non-hydrogen) atoms. The van der Waals surface area contributed by atoms with Gasteiger partial charge in [-0.2, -0.15) is 0 Å². The Kier molecular flexibility index (Phi) is 3.98. The third kappa shape index (κ3) is 3.40. The zero-order chi connectivity index (χ0) is 14.1. The predicted molar refractivity (Wildman–Crippen MR) is 61.5 cm³/mol. The molecule has 4 nitrogen and oxygen atoms in total. The topological polar surface area (TPSA) is 46.6 Å². The van der Waals surface area contributed by atoms with Crippen molar-refractivity contribution >= 4 is 12.4 Å². The molecule has 0 spiro atoms. The first-order valence-electron chi connectivity index (χ1n) is 5.88. The zero-order valence-corrected chi connectivity index (χ0v) is 11.1. The van der Waals surface area contributed by atoms with Crippen LogP contribution in [0.3, 0.4) is 0 Å². The van der Waals surface area contributed by atoms with Crippen LogP contribution in [-0.4, -0.2) is 41.9 Å². The van der Waals surface area contributed by atoms with Gasteiger partial charge >= 0.3 is 6.09 Å². The SMILES string of the molecule is C[C@@H]1CN(C(=O)OC(C)(C)C)CC(F)(F)[C@H]1C=O. The lowest BCUT2D eigenvalue weighted by Crippen LogP contribution is -2.55. The highest BCUT2D eigenvalue weighted by atomic mass is 19.3. The normalized spacial score (nSPS) is 27.8. The number of hydrogen-bond donors (Lipinski definition) is 0. The number of aldehydes is 1. The molecule has 1 fully saturated rings. The first-order chi connectivity index (χ1) is 8.07. The Hall–Kier alpha value is -1.20. The molecule has 1 aliphatic heterocycles. The number of nitrogens with zero attached hydrogens (tertiary/aromatic N) is 1. The molecule has 1 rings (SSSR count). The molecule has 6 heteroatoms. The molecule has 1 amide bonds. The Balaban J connectivity index is 2.77. The summed E-state index contributed by atoms with van der Waals surface area (Å²) in [6.45, 7) is 5.88. The fourth-order valence-corrected chi connectivity index (χ4v) is 2.00. The van der Waals surface area contributed by atoms with Gasteiger partial charge in [0.15, 0.2) is 0 Å². The van der Waals surface area contributed by atoms with E-state index in [9.17, 15) is 18.4 Å². The number of alkyl halides is 2. The van der Waals surface area contributed by atoms with Gasteiger partial charge in [0, 0.05) is 6.54 Å². The Morgan fingerprint density at radius 1 is 1.44 bits per heavy atom. The average molecular weight is 263 g/mol. The second-order valence-corrected chi connectivity index (χ2v) is 5.76. The fraction of sp³-hybridized carbons (Fsp3) is 0.833. The number of rotatable bonds is 1. The number of carbonyl (C=O) groups excluding carboxylic acids is 2. The summed E-state index contributed by atoms with van der Waals surface area (Å²) in [5, 5.41) is 0. The molecule has 1 heterocycles.